The summed E-state index contributed by atoms with van der Waals surface area (Å²) in [5.41, 5.74) is 2.18. The minimum absolute atomic E-state index is 0.721. The Morgan fingerprint density at radius 3 is 1.74 bits per heavy atom. The fourth-order valence-corrected chi connectivity index (χ4v) is 5.60. The quantitative estimate of drug-likeness (QED) is 0.553. The monoisotopic (exact) mass is 336 g/mol. The molecule has 116 valence electrons. The molecular formula is C21H22P2. The summed E-state index contributed by atoms with van der Waals surface area (Å²) in [5, 5.41) is 2.95. The smallest absolute Gasteiger partial charge is 0.0116 e. The largest absolute Gasteiger partial charge is 0.0898 e. The highest BCUT2D eigenvalue weighted by molar-refractivity contribution is 7.52. The summed E-state index contributed by atoms with van der Waals surface area (Å²) in [5.74, 6) is 0. The van der Waals surface area contributed by atoms with Crippen LogP contribution < -0.4 is 10.6 Å². The molecule has 23 heavy (non-hydrogen) atoms. The Hall–Kier alpha value is -1.48. The molecule has 0 aliphatic rings. The van der Waals surface area contributed by atoms with Crippen LogP contribution in [0.5, 0.6) is 0 Å². The van der Waals surface area contributed by atoms with Gasteiger partial charge in [0.1, 0.15) is 0 Å². The molecule has 3 rings (SSSR count). The summed E-state index contributed by atoms with van der Waals surface area (Å²) in [6, 6.07) is 32.8. The van der Waals surface area contributed by atoms with Crippen molar-refractivity contribution in [1.82, 2.24) is 0 Å². The molecule has 0 radical (unpaired) electrons. The molecule has 0 spiro atoms. The summed E-state index contributed by atoms with van der Waals surface area (Å²) >= 11 is 0. The van der Waals surface area contributed by atoms with Crippen LogP contribution >= 0.6 is 17.2 Å². The van der Waals surface area contributed by atoms with Crippen LogP contribution in [0.3, 0.4) is 0 Å². The van der Waals surface area contributed by atoms with E-state index in [-0.39, 0.29) is 0 Å². The minimum Gasteiger partial charge on any atom is -0.0898 e. The number of rotatable bonds is 7. The molecule has 0 N–H and O–H groups in total. The lowest BCUT2D eigenvalue weighted by Gasteiger charge is -2.17. The normalized spacial score (nSPS) is 13.0. The van der Waals surface area contributed by atoms with Crippen molar-refractivity contribution >= 4 is 27.8 Å². The van der Waals surface area contributed by atoms with Crippen molar-refractivity contribution in [3.05, 3.63) is 96.6 Å². The third-order valence-corrected chi connectivity index (χ3v) is 7.13. The van der Waals surface area contributed by atoms with Crippen molar-refractivity contribution < 1.29 is 0 Å². The topological polar surface area (TPSA) is 0 Å². The molecule has 0 aliphatic carbocycles. The molecule has 0 heterocycles. The highest BCUT2D eigenvalue weighted by atomic mass is 31.1. The van der Waals surface area contributed by atoms with Crippen molar-refractivity contribution in [2.45, 2.75) is 12.1 Å². The lowest BCUT2D eigenvalue weighted by atomic mass is 10.1. The Bertz CT molecular complexity index is 639. The Morgan fingerprint density at radius 2 is 1.13 bits per heavy atom. The molecule has 0 aromatic heterocycles. The average Bonchev–Trinajstić information content (AvgIpc) is 2.62. The van der Waals surface area contributed by atoms with Crippen molar-refractivity contribution in [3.63, 3.8) is 0 Å². The third kappa shape index (κ3) is 5.58. The SMILES string of the molecule is c1ccc(C[C@@H](CPc2ccccc2)Pc2ccccc2)cc1. The van der Waals surface area contributed by atoms with E-state index in [0.29, 0.717) is 0 Å². The molecule has 3 aromatic rings. The van der Waals surface area contributed by atoms with Gasteiger partial charge in [0, 0.05) is 0 Å². The number of benzene rings is 3. The third-order valence-electron chi connectivity index (χ3n) is 3.80. The van der Waals surface area contributed by atoms with Gasteiger partial charge in [-0.25, -0.2) is 0 Å². The zero-order valence-corrected chi connectivity index (χ0v) is 15.2. The van der Waals surface area contributed by atoms with Gasteiger partial charge in [0.25, 0.3) is 0 Å². The van der Waals surface area contributed by atoms with Gasteiger partial charge in [0.2, 0.25) is 0 Å². The Morgan fingerprint density at radius 1 is 0.609 bits per heavy atom. The molecule has 0 aliphatic heterocycles. The lowest BCUT2D eigenvalue weighted by Crippen LogP contribution is -2.14. The second kappa shape index (κ2) is 8.97. The maximum atomic E-state index is 2.27. The molecule has 3 atom stereocenters. The van der Waals surface area contributed by atoms with Crippen LogP contribution in [0.2, 0.25) is 0 Å². The molecule has 0 nitrogen and oxygen atoms in total. The minimum atomic E-state index is 0.721. The highest BCUT2D eigenvalue weighted by Crippen LogP contribution is 2.28. The first kappa shape index (κ1) is 16.4. The van der Waals surface area contributed by atoms with Crippen molar-refractivity contribution in [1.29, 1.82) is 0 Å². The van der Waals surface area contributed by atoms with E-state index in [2.05, 4.69) is 91.0 Å². The first-order valence-corrected chi connectivity index (χ1v) is 10.3. The molecule has 0 fully saturated rings. The Kier molecular flexibility index (Phi) is 6.39. The number of hydrogen-bond acceptors (Lipinski definition) is 0. The zero-order valence-electron chi connectivity index (χ0n) is 13.2. The maximum absolute atomic E-state index is 2.27. The van der Waals surface area contributed by atoms with E-state index in [1.165, 1.54) is 28.8 Å². The first-order chi connectivity index (χ1) is 11.4. The van der Waals surface area contributed by atoms with Crippen LogP contribution in [0, 0.1) is 0 Å². The van der Waals surface area contributed by atoms with E-state index in [9.17, 15) is 0 Å². The molecule has 2 heteroatoms. The fourth-order valence-electron chi connectivity index (χ4n) is 2.64. The molecule has 0 saturated heterocycles. The summed E-state index contributed by atoms with van der Waals surface area (Å²) < 4.78 is 0. The molecule has 3 aromatic carbocycles. The predicted octanol–water partition coefficient (Wildman–Crippen LogP) is 4.61. The van der Waals surface area contributed by atoms with Gasteiger partial charge in [-0.2, -0.15) is 0 Å². The van der Waals surface area contributed by atoms with E-state index in [1.54, 1.807) is 0 Å². The van der Waals surface area contributed by atoms with Gasteiger partial charge in [-0.15, -0.1) is 0 Å². The van der Waals surface area contributed by atoms with E-state index in [1.807, 2.05) is 0 Å². The maximum Gasteiger partial charge on any atom is -0.0116 e. The van der Waals surface area contributed by atoms with E-state index >= 15 is 0 Å². The molecule has 0 saturated carbocycles. The second-order valence-corrected chi connectivity index (χ2v) is 8.67. The van der Waals surface area contributed by atoms with E-state index < -0.39 is 0 Å². The Labute approximate surface area is 142 Å². The van der Waals surface area contributed by atoms with Crippen LogP contribution in [-0.4, -0.2) is 11.8 Å². The van der Waals surface area contributed by atoms with Crippen molar-refractivity contribution in [3.8, 4) is 0 Å². The van der Waals surface area contributed by atoms with Gasteiger partial charge >= 0.3 is 0 Å². The summed E-state index contributed by atoms with van der Waals surface area (Å²) in [7, 11) is 1.77. The lowest BCUT2D eigenvalue weighted by molar-refractivity contribution is 0.950. The molecular weight excluding hydrogens is 314 g/mol. The van der Waals surface area contributed by atoms with Gasteiger partial charge in [0.05, 0.1) is 0 Å². The van der Waals surface area contributed by atoms with Gasteiger partial charge in [-0.3, -0.25) is 0 Å². The van der Waals surface area contributed by atoms with Crippen molar-refractivity contribution in [2.24, 2.45) is 0 Å². The molecule has 0 bridgehead atoms. The number of hydrogen-bond donors (Lipinski definition) is 0. The van der Waals surface area contributed by atoms with E-state index in [4.69, 9.17) is 0 Å². The molecule has 0 amide bonds. The standard InChI is InChI=1S/C21H22P2/c1-4-10-18(11-5-1)16-21(23-20-14-8-3-9-15-20)17-22-19-12-6-2-7-13-19/h1-15,21-23H,16-17H2/t21-/m0/s1. The van der Waals surface area contributed by atoms with Gasteiger partial charge in [0.15, 0.2) is 0 Å². The van der Waals surface area contributed by atoms with Crippen molar-refractivity contribution in [2.75, 3.05) is 6.16 Å². The van der Waals surface area contributed by atoms with Crippen LogP contribution in [-0.2, 0) is 6.42 Å². The fraction of sp³-hybridized carbons (Fsp3) is 0.143. The highest BCUT2D eigenvalue weighted by Gasteiger charge is 2.11. The van der Waals surface area contributed by atoms with E-state index in [0.717, 1.165) is 22.8 Å². The second-order valence-electron chi connectivity index (χ2n) is 5.64. The molecule has 2 unspecified atom stereocenters. The van der Waals surface area contributed by atoms with Crippen LogP contribution in [0.1, 0.15) is 5.56 Å². The van der Waals surface area contributed by atoms with Crippen LogP contribution in [0.25, 0.3) is 0 Å². The van der Waals surface area contributed by atoms with Gasteiger partial charge in [-0.1, -0.05) is 108 Å². The Balaban J connectivity index is 1.67. The summed E-state index contributed by atoms with van der Waals surface area (Å²) in [6.45, 7) is 0. The first-order valence-electron chi connectivity index (χ1n) is 8.04. The van der Waals surface area contributed by atoms with Gasteiger partial charge < -0.3 is 0 Å². The van der Waals surface area contributed by atoms with Crippen LogP contribution in [0.4, 0.5) is 0 Å². The summed E-state index contributed by atoms with van der Waals surface area (Å²) in [6.07, 6.45) is 2.44. The average molecular weight is 336 g/mol. The van der Waals surface area contributed by atoms with Gasteiger partial charge in [-0.05, 0) is 34.4 Å². The zero-order chi connectivity index (χ0) is 15.7. The summed E-state index contributed by atoms with van der Waals surface area (Å²) in [4.78, 5) is 0. The van der Waals surface area contributed by atoms with Crippen LogP contribution in [0.15, 0.2) is 91.0 Å². The predicted molar refractivity (Wildman–Crippen MR) is 108 cm³/mol.